The highest BCUT2D eigenvalue weighted by Crippen LogP contribution is 1.42. The van der Waals surface area contributed by atoms with Crippen LogP contribution in [0.4, 0.5) is 0 Å². The Bertz CT molecular complexity index is 98.4. The molecule has 24 heavy (non-hydrogen) atoms. The Balaban J connectivity index is -0.0000000405. The van der Waals surface area contributed by atoms with Crippen molar-refractivity contribution in [2.75, 3.05) is 0 Å². The lowest BCUT2D eigenvalue weighted by Gasteiger charge is -1.72. The van der Waals surface area contributed by atoms with Crippen molar-refractivity contribution in [2.45, 2.75) is 0 Å². The largest absolute Gasteiger partial charge is 0.631 e. The van der Waals surface area contributed by atoms with E-state index < -0.39 is 47.4 Å². The van der Waals surface area contributed by atoms with Crippen LogP contribution in [0.1, 0.15) is 0 Å². The van der Waals surface area contributed by atoms with E-state index >= 15 is 0 Å². The highest BCUT2D eigenvalue weighted by molar-refractivity contribution is 6.31. The summed E-state index contributed by atoms with van der Waals surface area (Å²) in [6.45, 7) is 0. The van der Waals surface area contributed by atoms with Crippen molar-refractivity contribution in [1.82, 2.24) is 0 Å². The Morgan fingerprint density at radius 2 is 0.375 bits per heavy atom. The normalized spacial score (nSPS) is 7.12. The Labute approximate surface area is 137 Å². The topological polar surface area (TPSA) is 370 Å². The SMILES string of the molecule is OB(O)O.OB(O)O.OB(O)O.OB(O)O.OB(O)O.[O-][Cl+2]([O-])O. The molecule has 0 aliphatic heterocycles. The summed E-state index contributed by atoms with van der Waals surface area (Å²) in [7, 11) is -13.4. The van der Waals surface area contributed by atoms with Crippen LogP contribution >= 0.6 is 0 Å². The molecular weight excluding hydrogens is 377 g/mol. The van der Waals surface area contributed by atoms with Crippen LogP contribution < -0.4 is 9.32 Å². The molecule has 0 unspecified atom stereocenters. The van der Waals surface area contributed by atoms with Gasteiger partial charge >= 0.3 is 36.6 Å². The number of hydrogen-bond acceptors (Lipinski definition) is 18. The zero-order valence-corrected chi connectivity index (χ0v) is 12.0. The summed E-state index contributed by atoms with van der Waals surface area (Å²) in [5.41, 5.74) is 0. The van der Waals surface area contributed by atoms with E-state index in [4.69, 9.17) is 89.3 Å². The van der Waals surface area contributed by atoms with Gasteiger partial charge in [0.2, 0.25) is 0 Å². The predicted octanol–water partition coefficient (Wildman–Crippen LogP) is -13.2. The molecule has 0 aromatic carbocycles. The maximum absolute atomic E-state index is 8.52. The Kier molecular flexibility index (Phi) is 55.9. The van der Waals surface area contributed by atoms with Gasteiger partial charge in [0, 0.05) is 4.66 Å². The molecule has 0 fully saturated rings. The first-order chi connectivity index (χ1) is 10.4. The summed E-state index contributed by atoms with van der Waals surface area (Å²) in [5, 5.41) is 108. The molecule has 0 aromatic rings. The van der Waals surface area contributed by atoms with Crippen LogP contribution in [-0.2, 0) is 0 Å². The van der Waals surface area contributed by atoms with Crippen LogP contribution in [0.15, 0.2) is 0 Å². The van der Waals surface area contributed by atoms with Gasteiger partial charge in [-0.2, -0.15) is 0 Å². The standard InChI is InChI=1S/5BH3O3.ClHO3/c6*2-1(3)4/h5*2-4H;2H. The lowest BCUT2D eigenvalue weighted by atomic mass is 10.3. The molecule has 0 aliphatic carbocycles. The fourth-order valence-electron chi connectivity index (χ4n) is 0. The molecule has 0 bridgehead atoms. The molecule has 0 saturated carbocycles. The first-order valence-electron chi connectivity index (χ1n) is 4.35. The molecule has 0 amide bonds. The van der Waals surface area contributed by atoms with Crippen LogP contribution in [0, 0.1) is 10.8 Å². The van der Waals surface area contributed by atoms with E-state index in [-0.39, 0.29) is 0 Å². The fourth-order valence-corrected chi connectivity index (χ4v) is 0. The summed E-state index contributed by atoms with van der Waals surface area (Å²) in [5.74, 6) is 0. The molecule has 146 valence electrons. The highest BCUT2D eigenvalue weighted by atomic mass is 35.6. The quantitative estimate of drug-likeness (QED) is 0.169. The van der Waals surface area contributed by atoms with Crippen LogP contribution in [0.3, 0.4) is 0 Å². The van der Waals surface area contributed by atoms with Gasteiger partial charge in [-0.15, -0.1) is 0 Å². The van der Waals surface area contributed by atoms with Crippen molar-refractivity contribution in [2.24, 2.45) is 0 Å². The molecule has 0 aliphatic rings. The first kappa shape index (κ1) is 39.1. The second-order valence-electron chi connectivity index (χ2n) is 1.93. The molecule has 0 rings (SSSR count). The lowest BCUT2D eigenvalue weighted by molar-refractivity contribution is -1.63. The third-order valence-corrected chi connectivity index (χ3v) is 0. The second-order valence-corrected chi connectivity index (χ2v) is 2.34. The number of hydrogen-bond donors (Lipinski definition) is 16. The molecule has 24 heteroatoms. The average molecular weight is 394 g/mol. The smallest absolute Gasteiger partial charge is 0.402 e. The van der Waals surface area contributed by atoms with E-state index in [0.717, 1.165) is 0 Å². The van der Waals surface area contributed by atoms with Gasteiger partial charge < -0.3 is 84.7 Å². The maximum atomic E-state index is 8.52. The van der Waals surface area contributed by atoms with E-state index in [9.17, 15) is 0 Å². The van der Waals surface area contributed by atoms with Gasteiger partial charge in [-0.25, -0.2) is 0 Å². The molecule has 0 heterocycles. The van der Waals surface area contributed by atoms with E-state index in [0.29, 0.717) is 0 Å². The monoisotopic (exact) mass is 394 g/mol. The lowest BCUT2D eigenvalue weighted by Crippen LogP contribution is -2.30. The molecular formula is H16B5ClO18. The van der Waals surface area contributed by atoms with E-state index in [2.05, 4.69) is 0 Å². The van der Waals surface area contributed by atoms with Gasteiger partial charge in [-0.05, 0) is 0 Å². The minimum absolute atomic E-state index is 2.17. The molecule has 0 radical (unpaired) electrons. The van der Waals surface area contributed by atoms with Crippen molar-refractivity contribution < 1.29 is 100 Å². The molecule has 0 saturated heterocycles. The van der Waals surface area contributed by atoms with Crippen LogP contribution in [0.25, 0.3) is 0 Å². The minimum atomic E-state index is -2.60. The highest BCUT2D eigenvalue weighted by Gasteiger charge is 1.94. The van der Waals surface area contributed by atoms with Crippen molar-refractivity contribution >= 4 is 36.6 Å². The second kappa shape index (κ2) is 34.3. The van der Waals surface area contributed by atoms with Gasteiger partial charge in [-0.1, -0.05) is 0 Å². The van der Waals surface area contributed by atoms with Gasteiger partial charge in [0.05, 0.1) is 0 Å². The number of rotatable bonds is 0. The van der Waals surface area contributed by atoms with Crippen LogP contribution in [-0.4, -0.2) is 117 Å². The molecule has 0 spiro atoms. The van der Waals surface area contributed by atoms with E-state index in [1.165, 1.54) is 0 Å². The van der Waals surface area contributed by atoms with Gasteiger partial charge in [0.1, 0.15) is 0 Å². The van der Waals surface area contributed by atoms with Crippen molar-refractivity contribution in [3.8, 4) is 0 Å². The van der Waals surface area contributed by atoms with E-state index in [1.54, 1.807) is 0 Å². The summed E-state index contributed by atoms with van der Waals surface area (Å²) < 4.78 is 24.0. The third kappa shape index (κ3) is 862000. The Morgan fingerprint density at radius 3 is 0.375 bits per heavy atom. The van der Waals surface area contributed by atoms with Crippen molar-refractivity contribution in [3.05, 3.63) is 0 Å². The molecule has 0 aromatic heterocycles. The number of halogens is 1. The van der Waals surface area contributed by atoms with Gasteiger partial charge in [0.25, 0.3) is 10.8 Å². The first-order valence-corrected chi connectivity index (χ1v) is 5.31. The summed E-state index contributed by atoms with van der Waals surface area (Å²) in [6, 6.07) is 0. The predicted molar refractivity (Wildman–Crippen MR) is 64.3 cm³/mol. The molecule has 16 N–H and O–H groups in total. The van der Waals surface area contributed by atoms with Crippen LogP contribution in [0.2, 0.25) is 0 Å². The van der Waals surface area contributed by atoms with Crippen molar-refractivity contribution in [3.63, 3.8) is 0 Å². The maximum Gasteiger partial charge on any atom is 0.631 e. The minimum Gasteiger partial charge on any atom is -0.402 e. The zero-order chi connectivity index (χ0) is 21.5. The third-order valence-electron chi connectivity index (χ3n) is 0. The summed E-state index contributed by atoms with van der Waals surface area (Å²) in [4.78, 5) is 0. The average Bonchev–Trinajstić information content (AvgIpc) is 2.08. The van der Waals surface area contributed by atoms with E-state index in [1.807, 2.05) is 0 Å². The zero-order valence-electron chi connectivity index (χ0n) is 11.2. The summed E-state index contributed by atoms with van der Waals surface area (Å²) >= 11 is 0. The van der Waals surface area contributed by atoms with Crippen molar-refractivity contribution in [1.29, 1.82) is 0 Å². The van der Waals surface area contributed by atoms with Gasteiger partial charge in [0.15, 0.2) is 0 Å². The van der Waals surface area contributed by atoms with Crippen LogP contribution in [0.5, 0.6) is 0 Å². The fraction of sp³-hybridized carbons (Fsp3) is 0. The molecule has 0 atom stereocenters. The van der Waals surface area contributed by atoms with Gasteiger partial charge in [-0.3, -0.25) is 0 Å². The Morgan fingerprint density at radius 1 is 0.375 bits per heavy atom. The molecule has 18 nitrogen and oxygen atoms in total. The Hall–Kier alpha value is -0.105. The summed E-state index contributed by atoms with van der Waals surface area (Å²) in [6.07, 6.45) is 0.